The molecule has 0 spiro atoms. The van der Waals surface area contributed by atoms with Gasteiger partial charge in [0.1, 0.15) is 17.8 Å². The van der Waals surface area contributed by atoms with E-state index >= 15 is 0 Å². The second-order valence-electron chi connectivity index (χ2n) is 7.66. The number of hydrogen-bond donors (Lipinski definition) is 3. The molecule has 4 rings (SSSR count). The van der Waals surface area contributed by atoms with Gasteiger partial charge in [-0.3, -0.25) is 0 Å². The summed E-state index contributed by atoms with van der Waals surface area (Å²) in [5.41, 5.74) is 9.62. The van der Waals surface area contributed by atoms with Crippen molar-refractivity contribution < 1.29 is 4.39 Å². The number of nitrogens with two attached hydrogens (primary N) is 1. The maximum atomic E-state index is 14.3. The Morgan fingerprint density at radius 2 is 1.66 bits per heavy atom. The highest BCUT2D eigenvalue weighted by atomic mass is 79.9. The lowest BCUT2D eigenvalue weighted by atomic mass is 9.91. The molecular weight excluding hydrogens is 554 g/mol. The summed E-state index contributed by atoms with van der Waals surface area (Å²) >= 11 is 15.8. The first-order valence-electron chi connectivity index (χ1n) is 10.3. The van der Waals surface area contributed by atoms with Gasteiger partial charge in [0.2, 0.25) is 0 Å². The SMILES string of the molecule is Cc1cc(C(C#N)c2ccc(Cl)cc2)c(Cl)cc1Nc1ncnc(Nc2ccc(Br)cc2F)c1N. The van der Waals surface area contributed by atoms with Crippen LogP contribution in [-0.4, -0.2) is 9.97 Å². The molecule has 6 nitrogen and oxygen atoms in total. The molecule has 176 valence electrons. The predicted molar refractivity (Wildman–Crippen MR) is 142 cm³/mol. The molecule has 1 heterocycles. The first-order valence-corrected chi connectivity index (χ1v) is 11.9. The third kappa shape index (κ3) is 5.49. The number of nitrogens with one attached hydrogen (secondary N) is 2. The molecular formula is C25H18BrCl2FN6. The van der Waals surface area contributed by atoms with Gasteiger partial charge < -0.3 is 16.4 Å². The van der Waals surface area contributed by atoms with Crippen molar-refractivity contribution >= 4 is 67.8 Å². The van der Waals surface area contributed by atoms with Gasteiger partial charge in [-0.25, -0.2) is 14.4 Å². The maximum absolute atomic E-state index is 14.3. The minimum Gasteiger partial charge on any atom is -0.393 e. The topological polar surface area (TPSA) is 99.6 Å². The minimum absolute atomic E-state index is 0.200. The summed E-state index contributed by atoms with van der Waals surface area (Å²) in [5.74, 6) is -0.455. The van der Waals surface area contributed by atoms with Crippen LogP contribution < -0.4 is 16.4 Å². The number of rotatable bonds is 6. The van der Waals surface area contributed by atoms with Crippen LogP contribution in [0, 0.1) is 24.1 Å². The molecule has 0 saturated carbocycles. The molecule has 0 bridgehead atoms. The Bertz CT molecular complexity index is 1440. The number of aromatic nitrogens is 2. The highest BCUT2D eigenvalue weighted by molar-refractivity contribution is 9.10. The quantitative estimate of drug-likeness (QED) is 0.219. The summed E-state index contributed by atoms with van der Waals surface area (Å²) in [6.45, 7) is 1.88. The van der Waals surface area contributed by atoms with Crippen molar-refractivity contribution in [2.75, 3.05) is 16.4 Å². The first-order chi connectivity index (χ1) is 16.8. The van der Waals surface area contributed by atoms with Gasteiger partial charge in [-0.15, -0.1) is 0 Å². The van der Waals surface area contributed by atoms with Crippen molar-refractivity contribution in [1.29, 1.82) is 5.26 Å². The van der Waals surface area contributed by atoms with Gasteiger partial charge in [-0.2, -0.15) is 5.26 Å². The van der Waals surface area contributed by atoms with Gasteiger partial charge in [0.05, 0.1) is 17.7 Å². The van der Waals surface area contributed by atoms with Crippen LogP contribution in [-0.2, 0) is 0 Å². The number of nitrogens with zero attached hydrogens (tertiary/aromatic N) is 3. The second-order valence-corrected chi connectivity index (χ2v) is 9.42. The van der Waals surface area contributed by atoms with Crippen LogP contribution in [0.25, 0.3) is 0 Å². The van der Waals surface area contributed by atoms with E-state index in [1.54, 1.807) is 42.5 Å². The molecule has 3 aromatic carbocycles. The van der Waals surface area contributed by atoms with Crippen LogP contribution in [0.15, 0.2) is 65.4 Å². The summed E-state index contributed by atoms with van der Waals surface area (Å²) in [6, 6.07) is 17.6. The Kier molecular flexibility index (Phi) is 7.41. The van der Waals surface area contributed by atoms with Crippen molar-refractivity contribution in [2.24, 2.45) is 0 Å². The maximum Gasteiger partial charge on any atom is 0.159 e. The van der Waals surface area contributed by atoms with E-state index in [4.69, 9.17) is 28.9 Å². The van der Waals surface area contributed by atoms with Gasteiger partial charge in [-0.1, -0.05) is 57.3 Å². The Balaban J connectivity index is 1.62. The van der Waals surface area contributed by atoms with Crippen molar-refractivity contribution in [2.45, 2.75) is 12.8 Å². The Labute approximate surface area is 220 Å². The molecule has 1 unspecified atom stereocenters. The third-order valence-electron chi connectivity index (χ3n) is 5.31. The van der Waals surface area contributed by atoms with E-state index in [-0.39, 0.29) is 17.2 Å². The fourth-order valence-electron chi connectivity index (χ4n) is 3.48. The van der Waals surface area contributed by atoms with Crippen LogP contribution in [0.3, 0.4) is 0 Å². The average Bonchev–Trinajstić information content (AvgIpc) is 2.82. The molecule has 1 aromatic heterocycles. The zero-order valence-electron chi connectivity index (χ0n) is 18.3. The molecule has 0 aliphatic rings. The van der Waals surface area contributed by atoms with E-state index in [0.717, 1.165) is 11.1 Å². The zero-order chi connectivity index (χ0) is 25.1. The van der Waals surface area contributed by atoms with Gasteiger partial charge in [0.25, 0.3) is 0 Å². The molecule has 35 heavy (non-hydrogen) atoms. The number of aryl methyl sites for hydroxylation is 1. The minimum atomic E-state index is -0.562. The van der Waals surface area contributed by atoms with Crippen LogP contribution >= 0.6 is 39.1 Å². The smallest absolute Gasteiger partial charge is 0.159 e. The van der Waals surface area contributed by atoms with Crippen LogP contribution in [0.2, 0.25) is 10.0 Å². The number of nitrogen functional groups attached to an aromatic ring is 1. The van der Waals surface area contributed by atoms with Crippen molar-refractivity contribution in [3.05, 3.63) is 98.0 Å². The highest BCUT2D eigenvalue weighted by Crippen LogP contribution is 2.36. The van der Waals surface area contributed by atoms with E-state index in [1.807, 2.05) is 13.0 Å². The van der Waals surface area contributed by atoms with E-state index in [0.29, 0.717) is 31.6 Å². The zero-order valence-corrected chi connectivity index (χ0v) is 21.4. The second kappa shape index (κ2) is 10.5. The van der Waals surface area contributed by atoms with Crippen molar-refractivity contribution in [3.63, 3.8) is 0 Å². The van der Waals surface area contributed by atoms with E-state index in [2.05, 4.69) is 42.6 Å². The fourth-order valence-corrected chi connectivity index (χ4v) is 4.21. The largest absolute Gasteiger partial charge is 0.393 e. The van der Waals surface area contributed by atoms with Gasteiger partial charge in [0.15, 0.2) is 11.6 Å². The summed E-state index contributed by atoms with van der Waals surface area (Å²) in [6.07, 6.45) is 1.31. The molecule has 0 saturated heterocycles. The Hall–Kier alpha value is -3.38. The first kappa shape index (κ1) is 24.7. The lowest BCUT2D eigenvalue weighted by Gasteiger charge is -2.17. The van der Waals surface area contributed by atoms with E-state index < -0.39 is 11.7 Å². The number of benzene rings is 3. The van der Waals surface area contributed by atoms with E-state index in [9.17, 15) is 9.65 Å². The molecule has 1 atom stereocenters. The third-order valence-corrected chi connectivity index (χ3v) is 6.38. The lowest BCUT2D eigenvalue weighted by Crippen LogP contribution is -2.07. The predicted octanol–water partition coefficient (Wildman–Crippen LogP) is 7.72. The number of anilines is 5. The van der Waals surface area contributed by atoms with Crippen LogP contribution in [0.1, 0.15) is 22.6 Å². The fraction of sp³-hybridized carbons (Fsp3) is 0.0800. The molecule has 0 aliphatic heterocycles. The summed E-state index contributed by atoms with van der Waals surface area (Å²) in [7, 11) is 0. The van der Waals surface area contributed by atoms with Crippen LogP contribution in [0.4, 0.5) is 33.1 Å². The summed E-state index contributed by atoms with van der Waals surface area (Å²) < 4.78 is 14.9. The molecule has 4 N–H and O–H groups in total. The van der Waals surface area contributed by atoms with Gasteiger partial charge in [0, 0.05) is 20.2 Å². The molecule has 0 amide bonds. The Morgan fingerprint density at radius 1 is 1.00 bits per heavy atom. The van der Waals surface area contributed by atoms with Gasteiger partial charge in [-0.05, 0) is 60.0 Å². The highest BCUT2D eigenvalue weighted by Gasteiger charge is 2.19. The molecule has 0 radical (unpaired) electrons. The molecule has 0 aliphatic carbocycles. The summed E-state index contributed by atoms with van der Waals surface area (Å²) in [4.78, 5) is 8.35. The number of nitriles is 1. The monoisotopic (exact) mass is 570 g/mol. The Morgan fingerprint density at radius 3 is 2.29 bits per heavy atom. The van der Waals surface area contributed by atoms with Crippen LogP contribution in [0.5, 0.6) is 0 Å². The normalized spacial score (nSPS) is 11.5. The average molecular weight is 572 g/mol. The lowest BCUT2D eigenvalue weighted by molar-refractivity contribution is 0.631. The number of hydrogen-bond acceptors (Lipinski definition) is 6. The summed E-state index contributed by atoms with van der Waals surface area (Å²) in [5, 5.41) is 16.9. The molecule has 0 fully saturated rings. The van der Waals surface area contributed by atoms with Crippen molar-refractivity contribution in [1.82, 2.24) is 9.97 Å². The molecule has 10 heteroatoms. The number of halogens is 4. The van der Waals surface area contributed by atoms with Crippen molar-refractivity contribution in [3.8, 4) is 6.07 Å². The van der Waals surface area contributed by atoms with E-state index in [1.165, 1.54) is 12.4 Å². The molecule has 4 aromatic rings. The van der Waals surface area contributed by atoms with Gasteiger partial charge >= 0.3 is 0 Å². The standard InChI is InChI=1S/C25H18BrCl2FN6/c1-13-8-17(18(11-30)14-2-5-16(27)6-3-14)19(28)10-22(13)35-25-23(31)24(32-12-33-25)34-21-7-4-15(26)9-20(21)29/h2-10,12,18H,31H2,1H3,(H2,32,33,34,35).